The van der Waals surface area contributed by atoms with Gasteiger partial charge in [0.05, 0.1) is 13.2 Å². The smallest absolute Gasteiger partial charge is 0.230 e. The summed E-state index contributed by atoms with van der Waals surface area (Å²) in [5.41, 5.74) is 3.09. The van der Waals surface area contributed by atoms with Crippen LogP contribution in [0.2, 0.25) is 0 Å². The van der Waals surface area contributed by atoms with Crippen molar-refractivity contribution >= 4 is 11.6 Å². The molecular weight excluding hydrogens is 276 g/mol. The number of nitrogens with zero attached hydrogens (tertiary/aromatic N) is 1. The van der Waals surface area contributed by atoms with E-state index in [0.717, 1.165) is 45.0 Å². The van der Waals surface area contributed by atoms with E-state index in [4.69, 9.17) is 4.74 Å². The summed E-state index contributed by atoms with van der Waals surface area (Å²) in [6.45, 7) is 12.6. The van der Waals surface area contributed by atoms with Crippen LogP contribution in [-0.2, 0) is 16.1 Å². The molecule has 0 unspecified atom stereocenters. The number of rotatable bonds is 5. The minimum Gasteiger partial charge on any atom is -0.379 e. The second-order valence-corrected chi connectivity index (χ2v) is 6.72. The number of carbonyl (C=O) groups excluding carboxylic acids is 1. The molecule has 22 heavy (non-hydrogen) atoms. The van der Waals surface area contributed by atoms with Crippen molar-refractivity contribution in [1.82, 2.24) is 4.90 Å². The molecule has 1 aromatic carbocycles. The maximum absolute atomic E-state index is 12.3. The number of amides is 1. The van der Waals surface area contributed by atoms with Crippen molar-refractivity contribution < 1.29 is 9.53 Å². The second kappa shape index (κ2) is 7.25. The number of morpholine rings is 1. The van der Waals surface area contributed by atoms with Gasteiger partial charge < -0.3 is 10.1 Å². The van der Waals surface area contributed by atoms with Gasteiger partial charge in [0, 0.05) is 30.7 Å². The molecule has 0 atom stereocenters. The van der Waals surface area contributed by atoms with E-state index in [1.807, 2.05) is 26.8 Å². The van der Waals surface area contributed by atoms with Crippen LogP contribution in [0, 0.1) is 12.3 Å². The lowest BCUT2D eigenvalue weighted by Gasteiger charge is -2.27. The number of aryl methyl sites for hydroxylation is 1. The Hall–Kier alpha value is -1.39. The van der Waals surface area contributed by atoms with Gasteiger partial charge in [0.25, 0.3) is 0 Å². The first kappa shape index (κ1) is 17.0. The molecule has 2 rings (SSSR count). The van der Waals surface area contributed by atoms with Gasteiger partial charge in [-0.25, -0.2) is 0 Å². The zero-order valence-electron chi connectivity index (χ0n) is 14.2. The summed E-state index contributed by atoms with van der Waals surface area (Å²) in [6, 6.07) is 6.18. The van der Waals surface area contributed by atoms with Crippen LogP contribution in [0.25, 0.3) is 0 Å². The summed E-state index contributed by atoms with van der Waals surface area (Å²) in [4.78, 5) is 14.7. The van der Waals surface area contributed by atoms with E-state index in [9.17, 15) is 4.79 Å². The Kier molecular flexibility index (Phi) is 5.59. The van der Waals surface area contributed by atoms with E-state index in [0.29, 0.717) is 0 Å². The number of hydrogen-bond donors (Lipinski definition) is 1. The molecule has 1 fully saturated rings. The average Bonchev–Trinajstić information content (AvgIpc) is 2.51. The van der Waals surface area contributed by atoms with Gasteiger partial charge in [0.15, 0.2) is 0 Å². The molecule has 0 radical (unpaired) electrons. The number of hydrogen-bond acceptors (Lipinski definition) is 3. The van der Waals surface area contributed by atoms with E-state index in [2.05, 4.69) is 29.3 Å². The Morgan fingerprint density at radius 3 is 2.64 bits per heavy atom. The minimum atomic E-state index is -0.338. The lowest BCUT2D eigenvalue weighted by Crippen LogP contribution is -2.35. The van der Waals surface area contributed by atoms with Crippen LogP contribution in [0.1, 0.15) is 38.3 Å². The largest absolute Gasteiger partial charge is 0.379 e. The van der Waals surface area contributed by atoms with E-state index in [-0.39, 0.29) is 11.3 Å². The Morgan fingerprint density at radius 1 is 1.32 bits per heavy atom. The highest BCUT2D eigenvalue weighted by Gasteiger charge is 2.25. The van der Waals surface area contributed by atoms with Gasteiger partial charge in [-0.3, -0.25) is 9.69 Å². The van der Waals surface area contributed by atoms with Gasteiger partial charge in [0.1, 0.15) is 0 Å². The Labute approximate surface area is 133 Å². The van der Waals surface area contributed by atoms with Gasteiger partial charge in [0.2, 0.25) is 5.91 Å². The first-order valence-corrected chi connectivity index (χ1v) is 8.13. The van der Waals surface area contributed by atoms with E-state index in [1.54, 1.807) is 0 Å². The molecule has 1 aromatic rings. The number of ether oxygens (including phenoxy) is 1. The summed E-state index contributed by atoms with van der Waals surface area (Å²) in [7, 11) is 0. The van der Waals surface area contributed by atoms with Crippen LogP contribution in [0.15, 0.2) is 18.2 Å². The standard InChI is InChI=1S/C18H28N2O2/c1-5-18(3,4)17(21)19-16-7-6-14(2)15(12-16)13-20-8-10-22-11-9-20/h6-7,12H,5,8-11,13H2,1-4H3,(H,19,21). The van der Waals surface area contributed by atoms with E-state index < -0.39 is 0 Å². The maximum atomic E-state index is 12.3. The van der Waals surface area contributed by atoms with Crippen molar-refractivity contribution in [1.29, 1.82) is 0 Å². The molecule has 1 amide bonds. The van der Waals surface area contributed by atoms with E-state index >= 15 is 0 Å². The van der Waals surface area contributed by atoms with Gasteiger partial charge in [-0.1, -0.05) is 26.8 Å². The maximum Gasteiger partial charge on any atom is 0.230 e. The Bertz CT molecular complexity index is 520. The normalized spacial score (nSPS) is 16.5. The quantitative estimate of drug-likeness (QED) is 0.908. The molecule has 1 aliphatic heterocycles. The number of anilines is 1. The molecule has 1 N–H and O–H groups in total. The molecule has 0 aliphatic carbocycles. The van der Waals surface area contributed by atoms with E-state index in [1.165, 1.54) is 11.1 Å². The fourth-order valence-corrected chi connectivity index (χ4v) is 2.38. The third-order valence-corrected chi connectivity index (χ3v) is 4.60. The molecule has 1 aliphatic rings. The summed E-state index contributed by atoms with van der Waals surface area (Å²) < 4.78 is 5.40. The van der Waals surface area contributed by atoms with Gasteiger partial charge in [-0.2, -0.15) is 0 Å². The molecule has 122 valence electrons. The predicted molar refractivity (Wildman–Crippen MR) is 90.0 cm³/mol. The molecular formula is C18H28N2O2. The van der Waals surface area contributed by atoms with Crippen LogP contribution in [0.4, 0.5) is 5.69 Å². The van der Waals surface area contributed by atoms with Crippen LogP contribution in [0.3, 0.4) is 0 Å². The molecule has 4 nitrogen and oxygen atoms in total. The number of nitrogens with one attached hydrogen (secondary N) is 1. The molecule has 1 saturated heterocycles. The lowest BCUT2D eigenvalue weighted by atomic mass is 9.89. The zero-order valence-corrected chi connectivity index (χ0v) is 14.2. The lowest BCUT2D eigenvalue weighted by molar-refractivity contribution is -0.124. The first-order chi connectivity index (χ1) is 10.4. The number of benzene rings is 1. The minimum absolute atomic E-state index is 0.0798. The molecule has 0 aromatic heterocycles. The van der Waals surface area contributed by atoms with Crippen molar-refractivity contribution in [3.63, 3.8) is 0 Å². The van der Waals surface area contributed by atoms with Crippen molar-refractivity contribution in [3.05, 3.63) is 29.3 Å². The monoisotopic (exact) mass is 304 g/mol. The molecule has 0 spiro atoms. The highest BCUT2D eigenvalue weighted by molar-refractivity contribution is 5.94. The number of carbonyl (C=O) groups is 1. The van der Waals surface area contributed by atoms with Gasteiger partial charge in [-0.05, 0) is 36.6 Å². The summed E-state index contributed by atoms with van der Waals surface area (Å²) in [5.74, 6) is 0.0798. The van der Waals surface area contributed by atoms with Crippen molar-refractivity contribution in [2.24, 2.45) is 5.41 Å². The first-order valence-electron chi connectivity index (χ1n) is 8.13. The van der Waals surface area contributed by atoms with Gasteiger partial charge >= 0.3 is 0 Å². The molecule has 1 heterocycles. The summed E-state index contributed by atoms with van der Waals surface area (Å²) >= 11 is 0. The highest BCUT2D eigenvalue weighted by Crippen LogP contribution is 2.24. The topological polar surface area (TPSA) is 41.6 Å². The highest BCUT2D eigenvalue weighted by atomic mass is 16.5. The Morgan fingerprint density at radius 2 is 2.00 bits per heavy atom. The summed E-state index contributed by atoms with van der Waals surface area (Å²) in [5, 5.41) is 3.06. The summed E-state index contributed by atoms with van der Waals surface area (Å²) in [6.07, 6.45) is 0.825. The van der Waals surface area contributed by atoms with Crippen molar-refractivity contribution in [2.75, 3.05) is 31.6 Å². The second-order valence-electron chi connectivity index (χ2n) is 6.72. The van der Waals surface area contributed by atoms with Crippen molar-refractivity contribution in [2.45, 2.75) is 40.7 Å². The van der Waals surface area contributed by atoms with Gasteiger partial charge in [-0.15, -0.1) is 0 Å². The molecule has 0 bridgehead atoms. The molecule has 0 saturated carbocycles. The fourth-order valence-electron chi connectivity index (χ4n) is 2.38. The van der Waals surface area contributed by atoms with Crippen LogP contribution in [0.5, 0.6) is 0 Å². The SMILES string of the molecule is CCC(C)(C)C(=O)Nc1ccc(C)c(CN2CCOCC2)c1. The fraction of sp³-hybridized carbons (Fsp3) is 0.611. The van der Waals surface area contributed by atoms with Crippen LogP contribution >= 0.6 is 0 Å². The van der Waals surface area contributed by atoms with Crippen LogP contribution < -0.4 is 5.32 Å². The average molecular weight is 304 g/mol. The predicted octanol–water partition coefficient (Wildman–Crippen LogP) is 3.20. The van der Waals surface area contributed by atoms with Crippen molar-refractivity contribution in [3.8, 4) is 0 Å². The Balaban J connectivity index is 2.07. The third-order valence-electron chi connectivity index (χ3n) is 4.60. The zero-order chi connectivity index (χ0) is 16.2. The molecule has 4 heteroatoms. The third kappa shape index (κ3) is 4.31. The van der Waals surface area contributed by atoms with Crippen LogP contribution in [-0.4, -0.2) is 37.1 Å².